The first-order valence-corrected chi connectivity index (χ1v) is 6.03. The minimum absolute atomic E-state index is 0.210. The van der Waals surface area contributed by atoms with Gasteiger partial charge in [-0.3, -0.25) is 4.55 Å². The molecule has 7 nitrogen and oxygen atoms in total. The Kier molecular flexibility index (Phi) is 4.06. The molecule has 0 heterocycles. The lowest BCUT2D eigenvalue weighted by Crippen LogP contribution is -2.26. The van der Waals surface area contributed by atoms with Gasteiger partial charge in [-0.15, -0.1) is 0 Å². The Morgan fingerprint density at radius 2 is 1.83 bits per heavy atom. The van der Waals surface area contributed by atoms with Crippen LogP contribution >= 0.6 is 0 Å². The van der Waals surface area contributed by atoms with Crippen LogP contribution in [0.1, 0.15) is 0 Å². The van der Waals surface area contributed by atoms with Crippen molar-refractivity contribution in [1.82, 2.24) is 4.72 Å². The van der Waals surface area contributed by atoms with Gasteiger partial charge in [-0.05, 0) is 0 Å². The highest BCUT2D eigenvalue weighted by Crippen LogP contribution is 1.84. The normalized spacial score (nSPS) is 13.2. The Morgan fingerprint density at radius 1 is 1.33 bits per heavy atom. The fraction of sp³-hybridized carbons (Fsp3) is 1.00. The number of hydrogen-bond donors (Lipinski definition) is 2. The monoisotopic (exact) mass is 219 g/mol. The summed E-state index contributed by atoms with van der Waals surface area (Å²) < 4.78 is 54.4. The average Bonchev–Trinajstić information content (AvgIpc) is 1.76. The lowest BCUT2D eigenvalue weighted by atomic mass is 10.8. The maximum Gasteiger partial charge on any atom is 0.397 e. The second-order valence-corrected chi connectivity index (χ2v) is 4.84. The van der Waals surface area contributed by atoms with Crippen LogP contribution in [0.25, 0.3) is 0 Å². The van der Waals surface area contributed by atoms with Crippen LogP contribution in [0.5, 0.6) is 0 Å². The van der Waals surface area contributed by atoms with Gasteiger partial charge in [-0.2, -0.15) is 8.42 Å². The fourth-order valence-electron chi connectivity index (χ4n) is 0.374. The molecule has 0 aliphatic carbocycles. The summed E-state index contributed by atoms with van der Waals surface area (Å²) in [5.41, 5.74) is 0. The van der Waals surface area contributed by atoms with Gasteiger partial charge in [-0.1, -0.05) is 0 Å². The van der Waals surface area contributed by atoms with Crippen molar-refractivity contribution in [3.05, 3.63) is 0 Å². The van der Waals surface area contributed by atoms with E-state index < -0.39 is 27.0 Å². The van der Waals surface area contributed by atoms with Gasteiger partial charge in [0, 0.05) is 6.54 Å². The minimum Gasteiger partial charge on any atom is -0.264 e. The molecule has 0 atom stereocenters. The first kappa shape index (κ1) is 11.8. The Balaban J connectivity index is 3.62. The van der Waals surface area contributed by atoms with Gasteiger partial charge < -0.3 is 0 Å². The molecule has 0 amide bonds. The highest BCUT2D eigenvalue weighted by molar-refractivity contribution is 7.88. The maximum atomic E-state index is 10.4. The van der Waals surface area contributed by atoms with Gasteiger partial charge in [-0.25, -0.2) is 17.3 Å². The number of nitrogens with one attached hydrogen (secondary N) is 1. The smallest absolute Gasteiger partial charge is 0.264 e. The molecule has 0 saturated heterocycles. The van der Waals surface area contributed by atoms with Gasteiger partial charge in [0.05, 0.1) is 12.9 Å². The molecule has 0 aromatic carbocycles. The molecule has 0 unspecified atom stereocenters. The predicted octanol–water partition coefficient (Wildman–Crippen LogP) is -1.64. The van der Waals surface area contributed by atoms with Crippen molar-refractivity contribution < 1.29 is 25.6 Å². The van der Waals surface area contributed by atoms with Gasteiger partial charge in [0.1, 0.15) is 0 Å². The molecule has 2 N–H and O–H groups in total. The highest BCUT2D eigenvalue weighted by atomic mass is 32.3. The predicted molar refractivity (Wildman–Crippen MR) is 40.3 cm³/mol. The summed E-state index contributed by atoms with van der Waals surface area (Å²) >= 11 is 0. The van der Waals surface area contributed by atoms with Crippen LogP contribution in [-0.4, -0.2) is 40.8 Å². The molecule has 12 heavy (non-hydrogen) atoms. The Hall–Kier alpha value is -0.220. The molecule has 0 aliphatic rings. The van der Waals surface area contributed by atoms with Crippen molar-refractivity contribution in [1.29, 1.82) is 0 Å². The summed E-state index contributed by atoms with van der Waals surface area (Å²) in [7, 11) is -7.82. The van der Waals surface area contributed by atoms with E-state index in [0.29, 0.717) is 0 Å². The van der Waals surface area contributed by atoms with E-state index in [2.05, 4.69) is 4.18 Å². The van der Waals surface area contributed by atoms with Gasteiger partial charge >= 0.3 is 10.4 Å². The Morgan fingerprint density at radius 3 is 2.17 bits per heavy atom. The molecule has 0 aromatic rings. The second kappa shape index (κ2) is 4.14. The number of sulfonamides is 1. The molecular weight excluding hydrogens is 210 g/mol. The minimum atomic E-state index is -4.48. The zero-order chi connectivity index (χ0) is 9.83. The first-order chi connectivity index (χ1) is 5.21. The van der Waals surface area contributed by atoms with Crippen LogP contribution in [-0.2, 0) is 24.6 Å². The largest absolute Gasteiger partial charge is 0.397 e. The van der Waals surface area contributed by atoms with Crippen LogP contribution in [0.2, 0.25) is 0 Å². The first-order valence-electron chi connectivity index (χ1n) is 2.77. The van der Waals surface area contributed by atoms with Crippen LogP contribution in [0.15, 0.2) is 0 Å². The lowest BCUT2D eigenvalue weighted by Gasteiger charge is -2.00. The van der Waals surface area contributed by atoms with Gasteiger partial charge in [0.2, 0.25) is 10.0 Å². The summed E-state index contributed by atoms with van der Waals surface area (Å²) in [6.45, 7) is -0.648. The van der Waals surface area contributed by atoms with Crippen LogP contribution in [0.4, 0.5) is 0 Å². The van der Waals surface area contributed by atoms with E-state index >= 15 is 0 Å². The van der Waals surface area contributed by atoms with E-state index in [0.717, 1.165) is 6.26 Å². The van der Waals surface area contributed by atoms with E-state index in [1.165, 1.54) is 0 Å². The molecule has 9 heteroatoms. The third-order valence-corrected chi connectivity index (χ3v) is 1.89. The molecule has 0 bridgehead atoms. The third-order valence-electron chi connectivity index (χ3n) is 0.699. The molecule has 0 saturated carbocycles. The summed E-state index contributed by atoms with van der Waals surface area (Å²) in [4.78, 5) is 0. The van der Waals surface area contributed by atoms with E-state index in [1.54, 1.807) is 0 Å². The molecular formula is C3H9NO6S2. The molecule has 0 fully saturated rings. The molecule has 0 radical (unpaired) electrons. The molecule has 0 spiro atoms. The Bertz CT molecular complexity index is 281. The SMILES string of the molecule is CS(=O)(=O)NCCOS(=O)(=O)O. The molecule has 0 rings (SSSR count). The average molecular weight is 219 g/mol. The second-order valence-electron chi connectivity index (χ2n) is 1.92. The van der Waals surface area contributed by atoms with E-state index in [4.69, 9.17) is 4.55 Å². The highest BCUT2D eigenvalue weighted by Gasteiger charge is 2.04. The number of rotatable bonds is 5. The van der Waals surface area contributed by atoms with E-state index in [1.807, 2.05) is 4.72 Å². The van der Waals surface area contributed by atoms with Crippen LogP contribution in [0.3, 0.4) is 0 Å². The van der Waals surface area contributed by atoms with Crippen molar-refractivity contribution in [3.63, 3.8) is 0 Å². The fourth-order valence-corrected chi connectivity index (χ4v) is 1.12. The van der Waals surface area contributed by atoms with Crippen molar-refractivity contribution in [2.45, 2.75) is 0 Å². The maximum absolute atomic E-state index is 10.4. The summed E-state index contributed by atoms with van der Waals surface area (Å²) in [6.07, 6.45) is 0.917. The summed E-state index contributed by atoms with van der Waals surface area (Å²) in [6, 6.07) is 0. The van der Waals surface area contributed by atoms with E-state index in [-0.39, 0.29) is 6.54 Å². The summed E-state index contributed by atoms with van der Waals surface area (Å²) in [5, 5.41) is 0. The zero-order valence-electron chi connectivity index (χ0n) is 6.22. The Labute approximate surface area is 70.7 Å². The number of hydrogen-bond acceptors (Lipinski definition) is 5. The standard InChI is InChI=1S/C3H9NO6S2/c1-11(5,6)4-2-3-10-12(7,8)9/h4H,2-3H2,1H3,(H,7,8,9). The van der Waals surface area contributed by atoms with Crippen molar-refractivity contribution in [2.24, 2.45) is 0 Å². The van der Waals surface area contributed by atoms with Crippen LogP contribution < -0.4 is 4.72 Å². The van der Waals surface area contributed by atoms with Crippen molar-refractivity contribution in [2.75, 3.05) is 19.4 Å². The summed E-state index contributed by atoms with van der Waals surface area (Å²) in [5.74, 6) is 0. The van der Waals surface area contributed by atoms with Crippen molar-refractivity contribution in [3.8, 4) is 0 Å². The topological polar surface area (TPSA) is 110 Å². The molecule has 0 aromatic heterocycles. The van der Waals surface area contributed by atoms with Gasteiger partial charge in [0.15, 0.2) is 0 Å². The van der Waals surface area contributed by atoms with Crippen molar-refractivity contribution >= 4 is 20.4 Å². The molecule has 74 valence electrons. The third kappa shape index (κ3) is 9.78. The quantitative estimate of drug-likeness (QED) is 0.423. The zero-order valence-corrected chi connectivity index (χ0v) is 7.85. The lowest BCUT2D eigenvalue weighted by molar-refractivity contribution is 0.273. The van der Waals surface area contributed by atoms with Crippen LogP contribution in [0, 0.1) is 0 Å². The van der Waals surface area contributed by atoms with E-state index in [9.17, 15) is 16.8 Å². The van der Waals surface area contributed by atoms with Gasteiger partial charge in [0.25, 0.3) is 0 Å². The molecule has 0 aliphatic heterocycles.